The monoisotopic (exact) mass is 287 g/mol. The van der Waals surface area contributed by atoms with Crippen LogP contribution in [0.1, 0.15) is 6.92 Å². The van der Waals surface area contributed by atoms with Gasteiger partial charge in [-0.25, -0.2) is 4.79 Å². The van der Waals surface area contributed by atoms with E-state index < -0.39 is 18.5 Å². The molecule has 0 spiro atoms. The van der Waals surface area contributed by atoms with Crippen molar-refractivity contribution >= 4 is 40.8 Å². The molecule has 0 aliphatic carbocycles. The number of nitrogens with one attached hydrogen (secondary N) is 1. The van der Waals surface area contributed by atoms with Crippen molar-refractivity contribution in [1.82, 2.24) is 0 Å². The Kier molecular flexibility index (Phi) is 5.68. The second-order valence-corrected chi connectivity index (χ2v) is 4.07. The van der Waals surface area contributed by atoms with Crippen LogP contribution in [0.5, 0.6) is 0 Å². The largest absolute Gasteiger partial charge is 0.452 e. The van der Waals surface area contributed by atoms with Gasteiger partial charge in [-0.15, -0.1) is 0 Å². The number of amides is 1. The van der Waals surface area contributed by atoms with Gasteiger partial charge in [-0.1, -0.05) is 35.3 Å². The highest BCUT2D eigenvalue weighted by molar-refractivity contribution is 6.39. The molecule has 0 aromatic heterocycles. The molecule has 1 aromatic carbocycles. The zero-order valence-electron chi connectivity index (χ0n) is 9.57. The summed E-state index contributed by atoms with van der Waals surface area (Å²) in [6.07, 6.45) is 2.74. The van der Waals surface area contributed by atoms with Crippen LogP contribution < -0.4 is 5.32 Å². The molecule has 0 bridgehead atoms. The van der Waals surface area contributed by atoms with Crippen LogP contribution in [0.4, 0.5) is 5.69 Å². The summed E-state index contributed by atoms with van der Waals surface area (Å²) in [5, 5.41) is 3.10. The summed E-state index contributed by atoms with van der Waals surface area (Å²) in [6.45, 7) is 1.27. The van der Waals surface area contributed by atoms with Gasteiger partial charge < -0.3 is 10.1 Å². The highest BCUT2D eigenvalue weighted by Crippen LogP contribution is 2.29. The molecule has 0 saturated heterocycles. The number of para-hydroxylation sites is 1. The Hall–Kier alpha value is -1.52. The molecular weight excluding hydrogens is 277 g/mol. The number of anilines is 1. The summed E-state index contributed by atoms with van der Waals surface area (Å²) in [7, 11) is 0. The van der Waals surface area contributed by atoms with Crippen LogP contribution in [0, 0.1) is 0 Å². The van der Waals surface area contributed by atoms with Gasteiger partial charge in [0.2, 0.25) is 0 Å². The lowest BCUT2D eigenvalue weighted by atomic mass is 10.3. The molecule has 0 aliphatic heterocycles. The van der Waals surface area contributed by atoms with Crippen LogP contribution in [0.25, 0.3) is 0 Å². The molecule has 0 heterocycles. The van der Waals surface area contributed by atoms with E-state index in [4.69, 9.17) is 23.2 Å². The van der Waals surface area contributed by atoms with Gasteiger partial charge in [0.25, 0.3) is 5.91 Å². The summed E-state index contributed by atoms with van der Waals surface area (Å²) in [5.74, 6) is -1.10. The normalized spacial score (nSPS) is 10.4. The smallest absolute Gasteiger partial charge is 0.330 e. The number of rotatable bonds is 4. The first-order valence-corrected chi connectivity index (χ1v) is 5.83. The van der Waals surface area contributed by atoms with E-state index in [1.54, 1.807) is 25.1 Å². The summed E-state index contributed by atoms with van der Waals surface area (Å²) in [6, 6.07) is 4.84. The van der Waals surface area contributed by atoms with Crippen molar-refractivity contribution < 1.29 is 14.3 Å². The molecule has 0 radical (unpaired) electrons. The van der Waals surface area contributed by atoms with E-state index in [1.807, 2.05) is 0 Å². The number of esters is 1. The molecule has 0 atom stereocenters. The molecule has 0 unspecified atom stereocenters. The molecule has 0 saturated carbocycles. The third-order valence-corrected chi connectivity index (χ3v) is 2.51. The molecule has 1 aromatic rings. The molecule has 96 valence electrons. The van der Waals surface area contributed by atoms with Gasteiger partial charge in [0, 0.05) is 6.08 Å². The Labute approximate surface area is 115 Å². The van der Waals surface area contributed by atoms with Crippen LogP contribution in [-0.4, -0.2) is 18.5 Å². The van der Waals surface area contributed by atoms with Crippen LogP contribution in [0.3, 0.4) is 0 Å². The average molecular weight is 288 g/mol. The number of allylic oxidation sites excluding steroid dienone is 1. The fourth-order valence-corrected chi connectivity index (χ4v) is 1.61. The lowest BCUT2D eigenvalue weighted by Crippen LogP contribution is -2.20. The van der Waals surface area contributed by atoms with Crippen LogP contribution in [0.2, 0.25) is 10.0 Å². The Morgan fingerprint density at radius 3 is 2.50 bits per heavy atom. The van der Waals surface area contributed by atoms with Crippen molar-refractivity contribution in [2.75, 3.05) is 11.9 Å². The number of ether oxygens (including phenoxy) is 1. The summed E-state index contributed by atoms with van der Waals surface area (Å²) in [5.41, 5.74) is 0.299. The Bertz CT molecular complexity index is 466. The average Bonchev–Trinajstić information content (AvgIpc) is 2.32. The maximum atomic E-state index is 11.5. The topological polar surface area (TPSA) is 55.4 Å². The van der Waals surface area contributed by atoms with Gasteiger partial charge in [0.05, 0.1) is 15.7 Å². The Morgan fingerprint density at radius 2 is 1.94 bits per heavy atom. The number of halogens is 2. The SMILES string of the molecule is CC=CC(=O)OCC(=O)Nc1c(Cl)cccc1Cl. The minimum atomic E-state index is -0.585. The van der Waals surface area contributed by atoms with E-state index in [2.05, 4.69) is 10.1 Å². The molecule has 0 fully saturated rings. The molecule has 6 heteroatoms. The number of carbonyl (C=O) groups excluding carboxylic acids is 2. The lowest BCUT2D eigenvalue weighted by Gasteiger charge is -2.08. The Morgan fingerprint density at radius 1 is 1.33 bits per heavy atom. The molecule has 1 rings (SSSR count). The van der Waals surface area contributed by atoms with Crippen LogP contribution in [-0.2, 0) is 14.3 Å². The van der Waals surface area contributed by atoms with Crippen molar-refractivity contribution in [2.45, 2.75) is 6.92 Å². The number of hydrogen-bond donors (Lipinski definition) is 1. The quantitative estimate of drug-likeness (QED) is 0.684. The van der Waals surface area contributed by atoms with Crippen molar-refractivity contribution in [3.63, 3.8) is 0 Å². The fourth-order valence-electron chi connectivity index (χ4n) is 1.11. The minimum absolute atomic E-state index is 0.299. The lowest BCUT2D eigenvalue weighted by molar-refractivity contribution is -0.142. The van der Waals surface area contributed by atoms with Crippen molar-refractivity contribution in [3.05, 3.63) is 40.4 Å². The first-order valence-electron chi connectivity index (χ1n) is 5.08. The number of hydrogen-bond acceptors (Lipinski definition) is 3. The summed E-state index contributed by atoms with van der Waals surface area (Å²) in [4.78, 5) is 22.5. The van der Waals surface area contributed by atoms with E-state index in [0.29, 0.717) is 15.7 Å². The zero-order valence-corrected chi connectivity index (χ0v) is 11.1. The molecule has 18 heavy (non-hydrogen) atoms. The third kappa shape index (κ3) is 4.39. The predicted octanol–water partition coefficient (Wildman–Crippen LogP) is 3.05. The summed E-state index contributed by atoms with van der Waals surface area (Å²) >= 11 is 11.7. The van der Waals surface area contributed by atoms with Crippen LogP contribution >= 0.6 is 23.2 Å². The molecule has 4 nitrogen and oxygen atoms in total. The van der Waals surface area contributed by atoms with E-state index >= 15 is 0 Å². The number of carbonyl (C=O) groups is 2. The van der Waals surface area contributed by atoms with Crippen LogP contribution in [0.15, 0.2) is 30.4 Å². The van der Waals surface area contributed by atoms with Gasteiger partial charge in [-0.2, -0.15) is 0 Å². The standard InChI is InChI=1S/C12H11Cl2NO3/c1-2-4-11(17)18-7-10(16)15-12-8(13)5-3-6-9(12)14/h2-6H,7H2,1H3,(H,15,16). The van der Waals surface area contributed by atoms with E-state index in [9.17, 15) is 9.59 Å². The zero-order chi connectivity index (χ0) is 13.5. The van der Waals surface area contributed by atoms with Crippen molar-refractivity contribution in [3.8, 4) is 0 Å². The highest BCUT2D eigenvalue weighted by Gasteiger charge is 2.10. The Balaban J connectivity index is 2.58. The van der Waals surface area contributed by atoms with Gasteiger partial charge in [-0.3, -0.25) is 4.79 Å². The summed E-state index contributed by atoms with van der Waals surface area (Å²) < 4.78 is 4.67. The first kappa shape index (κ1) is 14.5. The molecular formula is C12H11Cl2NO3. The highest BCUT2D eigenvalue weighted by atomic mass is 35.5. The van der Waals surface area contributed by atoms with Gasteiger partial charge in [0.1, 0.15) is 0 Å². The maximum absolute atomic E-state index is 11.5. The van der Waals surface area contributed by atoms with Gasteiger partial charge in [0.15, 0.2) is 6.61 Å². The predicted molar refractivity (Wildman–Crippen MR) is 70.9 cm³/mol. The van der Waals surface area contributed by atoms with Gasteiger partial charge >= 0.3 is 5.97 Å². The minimum Gasteiger partial charge on any atom is -0.452 e. The van der Waals surface area contributed by atoms with E-state index in [-0.39, 0.29) is 0 Å². The van der Waals surface area contributed by atoms with Crippen molar-refractivity contribution in [1.29, 1.82) is 0 Å². The second kappa shape index (κ2) is 7.03. The van der Waals surface area contributed by atoms with Gasteiger partial charge in [-0.05, 0) is 19.1 Å². The first-order chi connectivity index (χ1) is 8.54. The maximum Gasteiger partial charge on any atom is 0.330 e. The second-order valence-electron chi connectivity index (χ2n) is 3.25. The fraction of sp³-hybridized carbons (Fsp3) is 0.167. The molecule has 0 aliphatic rings. The third-order valence-electron chi connectivity index (χ3n) is 1.88. The van der Waals surface area contributed by atoms with E-state index in [1.165, 1.54) is 12.2 Å². The number of benzene rings is 1. The van der Waals surface area contributed by atoms with E-state index in [0.717, 1.165) is 0 Å². The molecule has 1 amide bonds. The van der Waals surface area contributed by atoms with Crippen molar-refractivity contribution in [2.24, 2.45) is 0 Å². The molecule has 1 N–H and O–H groups in total.